The van der Waals surface area contributed by atoms with Crippen molar-refractivity contribution in [1.82, 2.24) is 19.9 Å². The highest BCUT2D eigenvalue weighted by atomic mass is 32.2. The summed E-state index contributed by atoms with van der Waals surface area (Å²) < 4.78 is 6.29. The summed E-state index contributed by atoms with van der Waals surface area (Å²) >= 11 is 1.79. The van der Waals surface area contributed by atoms with Gasteiger partial charge in [-0.2, -0.15) is 0 Å². The van der Waals surface area contributed by atoms with E-state index in [0.717, 1.165) is 54.8 Å². The predicted octanol–water partition coefficient (Wildman–Crippen LogP) is 12.7. The number of nitrogens with zero attached hydrogens (tertiary/aromatic N) is 4. The number of pyridine rings is 1. The van der Waals surface area contributed by atoms with Crippen LogP contribution in [0.25, 0.3) is 67.4 Å². The molecule has 6 heteroatoms. The van der Waals surface area contributed by atoms with Gasteiger partial charge in [0.15, 0.2) is 17.5 Å². The Bertz CT molecular complexity index is 3060. The molecule has 5 nitrogen and oxygen atoms in total. The average Bonchev–Trinajstić information content (AvgIpc) is 3.68. The van der Waals surface area contributed by atoms with Gasteiger partial charge in [-0.05, 0) is 52.6 Å². The molecule has 0 saturated carbocycles. The Labute approximate surface area is 333 Å². The first kappa shape index (κ1) is 33.2. The number of hydrogen-bond acceptors (Lipinski definition) is 6. The molecule has 268 valence electrons. The summed E-state index contributed by atoms with van der Waals surface area (Å²) in [5.74, 6) is 1.80. The lowest BCUT2D eigenvalue weighted by Gasteiger charge is -2.42. The fraction of sp³-hybridized carbons (Fsp3) is 0.0196. The maximum Gasteiger partial charge on any atom is 0.164 e. The zero-order chi connectivity index (χ0) is 37.8. The maximum absolute atomic E-state index is 6.29. The summed E-state index contributed by atoms with van der Waals surface area (Å²) in [6.45, 7) is 0. The Morgan fingerprint density at radius 3 is 1.84 bits per heavy atom. The van der Waals surface area contributed by atoms with Crippen LogP contribution < -0.4 is 0 Å². The van der Waals surface area contributed by atoms with Crippen LogP contribution in [0, 0.1) is 0 Å². The summed E-state index contributed by atoms with van der Waals surface area (Å²) in [5, 5.41) is 2.01. The van der Waals surface area contributed by atoms with Gasteiger partial charge < -0.3 is 4.42 Å². The van der Waals surface area contributed by atoms with Gasteiger partial charge in [-0.15, -0.1) is 0 Å². The second kappa shape index (κ2) is 13.6. The van der Waals surface area contributed by atoms with Gasteiger partial charge in [0.05, 0.1) is 11.1 Å². The van der Waals surface area contributed by atoms with Crippen molar-refractivity contribution in [1.29, 1.82) is 0 Å². The molecule has 0 aliphatic carbocycles. The third kappa shape index (κ3) is 5.40. The van der Waals surface area contributed by atoms with Crippen molar-refractivity contribution in [2.45, 2.75) is 15.2 Å². The van der Waals surface area contributed by atoms with Crippen LogP contribution in [0.1, 0.15) is 22.3 Å². The predicted molar refractivity (Wildman–Crippen MR) is 229 cm³/mol. The van der Waals surface area contributed by atoms with Crippen LogP contribution in [0.2, 0.25) is 0 Å². The average molecular weight is 749 g/mol. The van der Waals surface area contributed by atoms with E-state index in [1.165, 1.54) is 27.1 Å². The molecular weight excluding hydrogens is 717 g/mol. The smallest absolute Gasteiger partial charge is 0.164 e. The molecule has 10 aromatic rings. The molecule has 0 amide bonds. The zero-order valence-corrected chi connectivity index (χ0v) is 31.4. The Kier molecular flexibility index (Phi) is 7.90. The van der Waals surface area contributed by atoms with Gasteiger partial charge in [-0.1, -0.05) is 169 Å². The van der Waals surface area contributed by atoms with Gasteiger partial charge in [0.25, 0.3) is 0 Å². The summed E-state index contributed by atoms with van der Waals surface area (Å²) in [6, 6.07) is 65.6. The fourth-order valence-electron chi connectivity index (χ4n) is 8.44. The molecule has 4 heterocycles. The first-order valence-electron chi connectivity index (χ1n) is 19.0. The molecule has 0 radical (unpaired) electrons. The fourth-order valence-corrected chi connectivity index (χ4v) is 9.80. The Hall–Kier alpha value is -7.15. The molecule has 0 spiro atoms. The molecule has 57 heavy (non-hydrogen) atoms. The van der Waals surface area contributed by atoms with Crippen molar-refractivity contribution in [2.24, 2.45) is 0 Å². The van der Waals surface area contributed by atoms with Crippen LogP contribution in [0.3, 0.4) is 0 Å². The van der Waals surface area contributed by atoms with Crippen LogP contribution in [0.4, 0.5) is 0 Å². The van der Waals surface area contributed by atoms with E-state index >= 15 is 0 Å². The topological polar surface area (TPSA) is 64.7 Å². The van der Waals surface area contributed by atoms with Crippen LogP contribution in [-0.4, -0.2) is 19.9 Å². The van der Waals surface area contributed by atoms with E-state index in [0.29, 0.717) is 17.5 Å². The molecule has 0 bridgehead atoms. The van der Waals surface area contributed by atoms with E-state index < -0.39 is 5.41 Å². The summed E-state index contributed by atoms with van der Waals surface area (Å²) in [5.41, 5.74) is 10.6. The molecule has 1 aliphatic heterocycles. The SMILES string of the molecule is c1ccc(-c2nc(-c3ccc4c(c3)Sc3c(-c5ccccn5)cccc3C4(c3ccccc3)c3ccccc3)nc(-c3cccc4oc5ccccc5c34)n2)cc1. The Balaban J connectivity index is 1.17. The lowest BCUT2D eigenvalue weighted by molar-refractivity contribution is 0.669. The van der Waals surface area contributed by atoms with Crippen LogP contribution in [0.5, 0.6) is 0 Å². The molecule has 0 N–H and O–H groups in total. The molecule has 0 saturated heterocycles. The van der Waals surface area contributed by atoms with E-state index in [2.05, 4.69) is 121 Å². The van der Waals surface area contributed by atoms with Crippen LogP contribution in [0.15, 0.2) is 208 Å². The van der Waals surface area contributed by atoms with Crippen molar-refractivity contribution in [3.8, 4) is 45.4 Å². The summed E-state index contributed by atoms with van der Waals surface area (Å²) in [4.78, 5) is 22.7. The standard InChI is InChI=1S/C51H32N4OS/c1-4-16-33(17-5-1)48-53-49(55-50(54-48)39-24-15-28-44-46(39)38-22-10-11-27-43(38)56-44)34-29-30-40-45(32-34)57-47-37(42-26-12-13-31-52-42)23-14-25-41(47)51(40,35-18-6-2-7-19-35)36-20-8-3-9-21-36/h1-32H. The van der Waals surface area contributed by atoms with Crippen molar-refractivity contribution >= 4 is 33.7 Å². The Morgan fingerprint density at radius 2 is 1.09 bits per heavy atom. The van der Waals surface area contributed by atoms with Gasteiger partial charge >= 0.3 is 0 Å². The number of fused-ring (bicyclic) bond motifs is 5. The van der Waals surface area contributed by atoms with Crippen molar-refractivity contribution < 1.29 is 4.42 Å². The van der Waals surface area contributed by atoms with E-state index in [4.69, 9.17) is 24.4 Å². The van der Waals surface area contributed by atoms with E-state index in [1.807, 2.05) is 72.9 Å². The highest BCUT2D eigenvalue weighted by molar-refractivity contribution is 7.99. The van der Waals surface area contributed by atoms with Gasteiger partial charge in [-0.3, -0.25) is 4.98 Å². The molecule has 0 fully saturated rings. The van der Waals surface area contributed by atoms with Gasteiger partial charge in [0.1, 0.15) is 11.2 Å². The second-order valence-electron chi connectivity index (χ2n) is 14.1. The lowest BCUT2D eigenvalue weighted by Crippen LogP contribution is -2.34. The monoisotopic (exact) mass is 748 g/mol. The maximum atomic E-state index is 6.29. The van der Waals surface area contributed by atoms with Crippen molar-refractivity contribution in [2.75, 3.05) is 0 Å². The summed E-state index contributed by atoms with van der Waals surface area (Å²) in [6.07, 6.45) is 1.87. The molecule has 0 unspecified atom stereocenters. The number of hydrogen-bond donors (Lipinski definition) is 0. The first-order valence-corrected chi connectivity index (χ1v) is 19.8. The van der Waals surface area contributed by atoms with Gasteiger partial charge in [-0.25, -0.2) is 15.0 Å². The third-order valence-electron chi connectivity index (χ3n) is 10.9. The summed E-state index contributed by atoms with van der Waals surface area (Å²) in [7, 11) is 0. The number of furan rings is 1. The molecule has 0 atom stereocenters. The van der Waals surface area contributed by atoms with Crippen molar-refractivity contribution in [3.63, 3.8) is 0 Å². The molecule has 1 aliphatic rings. The second-order valence-corrected chi connectivity index (χ2v) is 15.2. The quantitative estimate of drug-likeness (QED) is 0.169. The van der Waals surface area contributed by atoms with Gasteiger partial charge in [0, 0.05) is 49.0 Å². The molecule has 11 rings (SSSR count). The number of rotatable bonds is 6. The van der Waals surface area contributed by atoms with Crippen LogP contribution >= 0.6 is 11.8 Å². The first-order chi connectivity index (χ1) is 28.3. The number of para-hydroxylation sites is 1. The molecule has 3 aromatic heterocycles. The largest absolute Gasteiger partial charge is 0.456 e. The normalized spacial score (nSPS) is 13.0. The van der Waals surface area contributed by atoms with E-state index in [1.54, 1.807) is 11.8 Å². The lowest BCUT2D eigenvalue weighted by atomic mass is 9.64. The van der Waals surface area contributed by atoms with Gasteiger partial charge in [0.2, 0.25) is 0 Å². The van der Waals surface area contributed by atoms with Crippen LogP contribution in [-0.2, 0) is 5.41 Å². The minimum Gasteiger partial charge on any atom is -0.456 e. The highest BCUT2D eigenvalue weighted by Crippen LogP contribution is 2.58. The molecular formula is C51H32N4OS. The zero-order valence-electron chi connectivity index (χ0n) is 30.6. The minimum absolute atomic E-state index is 0.590. The number of benzene rings is 7. The Morgan fingerprint density at radius 1 is 0.456 bits per heavy atom. The van der Waals surface area contributed by atoms with Crippen molar-refractivity contribution in [3.05, 3.63) is 217 Å². The third-order valence-corrected chi connectivity index (χ3v) is 12.1. The highest BCUT2D eigenvalue weighted by Gasteiger charge is 2.45. The van der Waals surface area contributed by atoms with E-state index in [-0.39, 0.29) is 0 Å². The minimum atomic E-state index is -0.612. The number of aromatic nitrogens is 4. The van der Waals surface area contributed by atoms with E-state index in [9.17, 15) is 0 Å². The molecule has 7 aromatic carbocycles.